The molecule has 1 rings (SSSR count). The number of hydrogen-bond acceptors (Lipinski definition) is 0. The molecule has 0 aromatic carbocycles. The minimum absolute atomic E-state index is 0.826. The van der Waals surface area contributed by atoms with Crippen LogP contribution < -0.4 is 0 Å². The lowest BCUT2D eigenvalue weighted by atomic mass is 9.89. The Morgan fingerprint density at radius 3 is 2.57 bits per heavy atom. The second-order valence-corrected chi connectivity index (χ2v) is 6.85. The highest BCUT2D eigenvalue weighted by Gasteiger charge is 2.09. The van der Waals surface area contributed by atoms with Crippen LogP contribution in [0.5, 0.6) is 0 Å². The molecule has 1 atom stereocenters. The third kappa shape index (κ3) is 8.75. The van der Waals surface area contributed by atoms with Gasteiger partial charge in [0.2, 0.25) is 0 Å². The Morgan fingerprint density at radius 2 is 1.86 bits per heavy atom. The van der Waals surface area contributed by atoms with E-state index in [0.717, 1.165) is 24.7 Å². The summed E-state index contributed by atoms with van der Waals surface area (Å²) < 4.78 is 0. The molecule has 0 saturated heterocycles. The Hall–Kier alpha value is -1.04. The fraction of sp³-hybridized carbons (Fsp3) is 0.619. The zero-order valence-electron chi connectivity index (χ0n) is 14.6. The summed E-state index contributed by atoms with van der Waals surface area (Å²) in [6, 6.07) is 0. The fourth-order valence-corrected chi connectivity index (χ4v) is 2.81. The van der Waals surface area contributed by atoms with Crippen LogP contribution in [0, 0.1) is 11.8 Å². The minimum atomic E-state index is 0.826. The van der Waals surface area contributed by atoms with Crippen LogP contribution in [0.4, 0.5) is 0 Å². The van der Waals surface area contributed by atoms with Gasteiger partial charge in [0.05, 0.1) is 0 Å². The van der Waals surface area contributed by atoms with E-state index in [4.69, 9.17) is 0 Å². The van der Waals surface area contributed by atoms with Crippen molar-refractivity contribution in [3.05, 3.63) is 47.6 Å². The summed E-state index contributed by atoms with van der Waals surface area (Å²) in [4.78, 5) is 0. The van der Waals surface area contributed by atoms with Gasteiger partial charge in [0, 0.05) is 0 Å². The topological polar surface area (TPSA) is 0 Å². The van der Waals surface area contributed by atoms with Crippen molar-refractivity contribution in [1.82, 2.24) is 0 Å². The maximum atomic E-state index is 2.45. The van der Waals surface area contributed by atoms with Crippen LogP contribution in [0.1, 0.15) is 72.6 Å². The third-order valence-electron chi connectivity index (χ3n) is 4.29. The molecule has 0 nitrogen and oxygen atoms in total. The van der Waals surface area contributed by atoms with Crippen molar-refractivity contribution in [3.8, 4) is 0 Å². The fourth-order valence-electron chi connectivity index (χ4n) is 2.81. The van der Waals surface area contributed by atoms with Crippen molar-refractivity contribution in [1.29, 1.82) is 0 Å². The largest absolute Gasteiger partial charge is 0.0842 e. The molecule has 0 heterocycles. The monoisotopic (exact) mass is 286 g/mol. The Labute approximate surface area is 132 Å². The van der Waals surface area contributed by atoms with Crippen LogP contribution in [-0.4, -0.2) is 0 Å². The smallest absolute Gasteiger partial charge is 0.0160 e. The SMILES string of the molecule is CCC(CCC(C)C)CC1=CCC=CC=CCCC(C)=C1. The quantitative estimate of drug-likeness (QED) is 0.492. The Bertz CT molecular complexity index is 390. The zero-order chi connectivity index (χ0) is 15.5. The standard InChI is InChI=1S/C21H34/c1-5-20(15-14-18(2)3)17-21-13-11-9-7-6-8-10-12-19(4)16-21/h6-9,13,16,18,20H,5,10-12,14-15,17H2,1-4H3. The first-order valence-electron chi connectivity index (χ1n) is 8.79. The van der Waals surface area contributed by atoms with Crippen molar-refractivity contribution >= 4 is 0 Å². The molecule has 0 N–H and O–H groups in total. The van der Waals surface area contributed by atoms with Crippen molar-refractivity contribution in [2.75, 3.05) is 0 Å². The van der Waals surface area contributed by atoms with Gasteiger partial charge in [0.1, 0.15) is 0 Å². The van der Waals surface area contributed by atoms with Crippen LogP contribution in [0.2, 0.25) is 0 Å². The van der Waals surface area contributed by atoms with Crippen molar-refractivity contribution in [2.45, 2.75) is 72.6 Å². The third-order valence-corrected chi connectivity index (χ3v) is 4.29. The van der Waals surface area contributed by atoms with Gasteiger partial charge in [-0.1, -0.05) is 81.2 Å². The van der Waals surface area contributed by atoms with Gasteiger partial charge < -0.3 is 0 Å². The van der Waals surface area contributed by atoms with Gasteiger partial charge >= 0.3 is 0 Å². The molecule has 0 radical (unpaired) electrons. The van der Waals surface area contributed by atoms with Gasteiger partial charge in [-0.05, 0) is 50.9 Å². The predicted octanol–water partition coefficient (Wildman–Crippen LogP) is 7.01. The van der Waals surface area contributed by atoms with Crippen LogP contribution in [0.3, 0.4) is 0 Å². The second kappa shape index (κ2) is 10.7. The molecule has 0 spiro atoms. The van der Waals surface area contributed by atoms with E-state index >= 15 is 0 Å². The average Bonchev–Trinajstić information content (AvgIpc) is 2.49. The van der Waals surface area contributed by atoms with Crippen LogP contribution in [0.15, 0.2) is 47.6 Å². The van der Waals surface area contributed by atoms with E-state index in [2.05, 4.69) is 64.2 Å². The highest BCUT2D eigenvalue weighted by atomic mass is 14.1. The van der Waals surface area contributed by atoms with Crippen LogP contribution >= 0.6 is 0 Å². The molecule has 0 heteroatoms. The van der Waals surface area contributed by atoms with Crippen molar-refractivity contribution in [2.24, 2.45) is 11.8 Å². The summed E-state index contributed by atoms with van der Waals surface area (Å²) in [5.41, 5.74) is 3.07. The van der Waals surface area contributed by atoms with E-state index in [0.29, 0.717) is 0 Å². The normalized spacial score (nSPS) is 18.1. The molecule has 21 heavy (non-hydrogen) atoms. The molecule has 1 unspecified atom stereocenters. The Balaban J connectivity index is 2.70. The molecule has 0 saturated carbocycles. The Morgan fingerprint density at radius 1 is 1.10 bits per heavy atom. The maximum Gasteiger partial charge on any atom is -0.0160 e. The predicted molar refractivity (Wildman–Crippen MR) is 96.4 cm³/mol. The van der Waals surface area contributed by atoms with E-state index in [1.165, 1.54) is 37.7 Å². The molecule has 0 amide bonds. The maximum absolute atomic E-state index is 2.45. The molecule has 0 aliphatic heterocycles. The number of hydrogen-bond donors (Lipinski definition) is 0. The van der Waals surface area contributed by atoms with Gasteiger partial charge in [0.25, 0.3) is 0 Å². The number of allylic oxidation sites excluding steroid dienone is 8. The second-order valence-electron chi connectivity index (χ2n) is 6.85. The molecular weight excluding hydrogens is 252 g/mol. The summed E-state index contributed by atoms with van der Waals surface area (Å²) in [5.74, 6) is 1.67. The lowest BCUT2D eigenvalue weighted by Crippen LogP contribution is -2.03. The van der Waals surface area contributed by atoms with E-state index < -0.39 is 0 Å². The summed E-state index contributed by atoms with van der Waals surface area (Å²) in [5, 5.41) is 0. The van der Waals surface area contributed by atoms with Gasteiger partial charge in [-0.15, -0.1) is 0 Å². The van der Waals surface area contributed by atoms with Gasteiger partial charge in [-0.2, -0.15) is 0 Å². The Kier molecular flexibility index (Phi) is 9.14. The minimum Gasteiger partial charge on any atom is -0.0842 e. The van der Waals surface area contributed by atoms with E-state index in [1.807, 2.05) is 0 Å². The summed E-state index contributed by atoms with van der Waals surface area (Å²) in [6.07, 6.45) is 22.5. The summed E-state index contributed by atoms with van der Waals surface area (Å²) >= 11 is 0. The first kappa shape index (κ1) is 18.0. The highest BCUT2D eigenvalue weighted by Crippen LogP contribution is 2.25. The number of rotatable bonds is 6. The highest BCUT2D eigenvalue weighted by molar-refractivity contribution is 5.25. The molecule has 0 aromatic heterocycles. The van der Waals surface area contributed by atoms with Gasteiger partial charge in [-0.3, -0.25) is 0 Å². The molecule has 1 aliphatic rings. The van der Waals surface area contributed by atoms with Crippen LogP contribution in [0.25, 0.3) is 0 Å². The molecule has 0 bridgehead atoms. The summed E-state index contributed by atoms with van der Waals surface area (Å²) in [7, 11) is 0. The molecular formula is C21H34. The van der Waals surface area contributed by atoms with Gasteiger partial charge in [0.15, 0.2) is 0 Å². The van der Waals surface area contributed by atoms with Crippen molar-refractivity contribution in [3.63, 3.8) is 0 Å². The van der Waals surface area contributed by atoms with E-state index in [9.17, 15) is 0 Å². The van der Waals surface area contributed by atoms with Crippen molar-refractivity contribution < 1.29 is 0 Å². The molecule has 1 aliphatic carbocycles. The molecule has 118 valence electrons. The molecule has 0 aromatic rings. The lowest BCUT2D eigenvalue weighted by Gasteiger charge is -2.17. The van der Waals surface area contributed by atoms with E-state index in [-0.39, 0.29) is 0 Å². The van der Waals surface area contributed by atoms with E-state index in [1.54, 1.807) is 5.57 Å². The lowest BCUT2D eigenvalue weighted by molar-refractivity contribution is 0.412. The molecule has 0 fully saturated rings. The average molecular weight is 287 g/mol. The zero-order valence-corrected chi connectivity index (χ0v) is 14.6. The summed E-state index contributed by atoms with van der Waals surface area (Å²) in [6.45, 7) is 9.29. The first-order chi connectivity index (χ1) is 10.1. The van der Waals surface area contributed by atoms with Gasteiger partial charge in [-0.25, -0.2) is 0 Å². The van der Waals surface area contributed by atoms with Crippen LogP contribution in [-0.2, 0) is 0 Å². The first-order valence-corrected chi connectivity index (χ1v) is 8.79.